The number of nitrogens with two attached hydrogens (primary N) is 1. The van der Waals surface area contributed by atoms with Crippen molar-refractivity contribution in [1.29, 1.82) is 0 Å². The molecule has 2 atom stereocenters. The average Bonchev–Trinajstić information content (AvgIpc) is 2.97. The molecular weight excluding hydrogens is 266 g/mol. The SMILES string of the molecule is CC(C)C(C(=O)N1CCC(c2ccccc2)C1)C(N)=NO. The Morgan fingerprint density at radius 3 is 2.62 bits per heavy atom. The predicted octanol–water partition coefficient (Wildman–Crippen LogP) is 2.02. The van der Waals surface area contributed by atoms with Crippen LogP contribution >= 0.6 is 0 Å². The Bertz CT molecular complexity index is 514. The smallest absolute Gasteiger partial charge is 0.233 e. The van der Waals surface area contributed by atoms with Crippen LogP contribution in [-0.2, 0) is 4.79 Å². The van der Waals surface area contributed by atoms with E-state index in [9.17, 15) is 4.79 Å². The second-order valence-corrected chi connectivity index (χ2v) is 5.93. The molecule has 1 aliphatic rings. The molecule has 0 radical (unpaired) electrons. The zero-order valence-corrected chi connectivity index (χ0v) is 12.6. The quantitative estimate of drug-likeness (QED) is 0.385. The Balaban J connectivity index is 2.08. The summed E-state index contributed by atoms with van der Waals surface area (Å²) in [5.41, 5.74) is 6.95. The van der Waals surface area contributed by atoms with Gasteiger partial charge in [-0.05, 0) is 17.9 Å². The Morgan fingerprint density at radius 2 is 2.05 bits per heavy atom. The highest BCUT2D eigenvalue weighted by Gasteiger charge is 2.35. The fourth-order valence-electron chi connectivity index (χ4n) is 2.97. The van der Waals surface area contributed by atoms with Gasteiger partial charge in [0.25, 0.3) is 0 Å². The number of amidine groups is 1. The van der Waals surface area contributed by atoms with E-state index in [0.29, 0.717) is 12.5 Å². The van der Waals surface area contributed by atoms with Crippen molar-refractivity contribution < 1.29 is 10.0 Å². The van der Waals surface area contributed by atoms with Crippen molar-refractivity contribution in [2.75, 3.05) is 13.1 Å². The van der Waals surface area contributed by atoms with Crippen molar-refractivity contribution in [2.24, 2.45) is 22.7 Å². The number of hydrogen-bond acceptors (Lipinski definition) is 3. The average molecular weight is 289 g/mol. The maximum atomic E-state index is 12.6. The maximum absolute atomic E-state index is 12.6. The van der Waals surface area contributed by atoms with Gasteiger partial charge in [-0.3, -0.25) is 4.79 Å². The Labute approximate surface area is 125 Å². The van der Waals surface area contributed by atoms with Crippen LogP contribution in [-0.4, -0.2) is 34.9 Å². The minimum Gasteiger partial charge on any atom is -0.409 e. The third-order valence-corrected chi connectivity index (χ3v) is 4.14. The van der Waals surface area contributed by atoms with E-state index in [4.69, 9.17) is 10.9 Å². The third kappa shape index (κ3) is 3.35. The zero-order chi connectivity index (χ0) is 15.4. The van der Waals surface area contributed by atoms with Crippen molar-refractivity contribution in [3.8, 4) is 0 Å². The van der Waals surface area contributed by atoms with Gasteiger partial charge in [0.2, 0.25) is 5.91 Å². The molecule has 1 amide bonds. The monoisotopic (exact) mass is 289 g/mol. The lowest BCUT2D eigenvalue weighted by atomic mass is 9.93. The van der Waals surface area contributed by atoms with E-state index in [1.54, 1.807) is 0 Å². The number of nitrogens with zero attached hydrogens (tertiary/aromatic N) is 2. The highest BCUT2D eigenvalue weighted by atomic mass is 16.4. The molecule has 1 aromatic carbocycles. The number of carbonyl (C=O) groups excluding carboxylic acids is 1. The summed E-state index contributed by atoms with van der Waals surface area (Å²) in [4.78, 5) is 14.5. The van der Waals surface area contributed by atoms with Crippen LogP contribution in [0.1, 0.15) is 31.7 Å². The van der Waals surface area contributed by atoms with Crippen molar-refractivity contribution >= 4 is 11.7 Å². The van der Waals surface area contributed by atoms with Crippen LogP contribution < -0.4 is 5.73 Å². The van der Waals surface area contributed by atoms with Crippen LogP contribution in [0.5, 0.6) is 0 Å². The Kier molecular flexibility index (Phi) is 4.83. The molecule has 1 heterocycles. The van der Waals surface area contributed by atoms with Gasteiger partial charge in [-0.1, -0.05) is 49.3 Å². The molecule has 0 saturated carbocycles. The molecule has 5 nitrogen and oxygen atoms in total. The minimum absolute atomic E-state index is 0.00170. The molecular formula is C16H23N3O2. The van der Waals surface area contributed by atoms with Gasteiger partial charge in [0.1, 0.15) is 5.92 Å². The molecule has 1 saturated heterocycles. The van der Waals surface area contributed by atoms with E-state index >= 15 is 0 Å². The summed E-state index contributed by atoms with van der Waals surface area (Å²) in [6.45, 7) is 5.24. The van der Waals surface area contributed by atoms with E-state index < -0.39 is 5.92 Å². The summed E-state index contributed by atoms with van der Waals surface area (Å²) in [6.07, 6.45) is 0.955. The van der Waals surface area contributed by atoms with E-state index in [0.717, 1.165) is 13.0 Å². The number of amides is 1. The molecule has 0 aromatic heterocycles. The lowest BCUT2D eigenvalue weighted by Gasteiger charge is -2.25. The first-order valence-corrected chi connectivity index (χ1v) is 7.35. The summed E-state index contributed by atoms with van der Waals surface area (Å²) in [7, 11) is 0. The standard InChI is InChI=1S/C16H23N3O2/c1-11(2)14(15(17)18-21)16(20)19-9-8-13(10-19)12-6-4-3-5-7-12/h3-7,11,13-14,21H,8-10H2,1-2H3,(H2,17,18). The normalized spacial score (nSPS) is 20.8. The van der Waals surface area contributed by atoms with Crippen LogP contribution in [0.15, 0.2) is 35.5 Å². The largest absolute Gasteiger partial charge is 0.409 e. The molecule has 5 heteroatoms. The molecule has 114 valence electrons. The van der Waals surface area contributed by atoms with Gasteiger partial charge in [0.15, 0.2) is 5.84 Å². The summed E-state index contributed by atoms with van der Waals surface area (Å²) < 4.78 is 0. The van der Waals surface area contributed by atoms with Gasteiger partial charge in [-0.15, -0.1) is 0 Å². The molecule has 21 heavy (non-hydrogen) atoms. The highest BCUT2D eigenvalue weighted by molar-refractivity contribution is 6.02. The molecule has 1 fully saturated rings. The maximum Gasteiger partial charge on any atom is 0.233 e. The summed E-state index contributed by atoms with van der Waals surface area (Å²) >= 11 is 0. The van der Waals surface area contributed by atoms with Crippen molar-refractivity contribution in [2.45, 2.75) is 26.2 Å². The molecule has 0 aliphatic carbocycles. The molecule has 0 spiro atoms. The summed E-state index contributed by atoms with van der Waals surface area (Å²) in [6, 6.07) is 10.2. The molecule has 1 aliphatic heterocycles. The molecule has 2 rings (SSSR count). The molecule has 0 bridgehead atoms. The van der Waals surface area contributed by atoms with Gasteiger partial charge in [-0.25, -0.2) is 0 Å². The van der Waals surface area contributed by atoms with Gasteiger partial charge >= 0.3 is 0 Å². The van der Waals surface area contributed by atoms with Gasteiger partial charge in [0, 0.05) is 19.0 Å². The van der Waals surface area contributed by atoms with Crippen molar-refractivity contribution in [3.63, 3.8) is 0 Å². The van der Waals surface area contributed by atoms with E-state index in [-0.39, 0.29) is 17.7 Å². The van der Waals surface area contributed by atoms with Gasteiger partial charge < -0.3 is 15.8 Å². The predicted molar refractivity (Wildman–Crippen MR) is 82.1 cm³/mol. The van der Waals surface area contributed by atoms with Crippen LogP contribution in [0.3, 0.4) is 0 Å². The zero-order valence-electron chi connectivity index (χ0n) is 12.6. The highest BCUT2D eigenvalue weighted by Crippen LogP contribution is 2.29. The van der Waals surface area contributed by atoms with Crippen LogP contribution in [0.4, 0.5) is 0 Å². The number of rotatable bonds is 4. The van der Waals surface area contributed by atoms with Crippen molar-refractivity contribution in [1.82, 2.24) is 4.90 Å². The fraction of sp³-hybridized carbons (Fsp3) is 0.500. The fourth-order valence-corrected chi connectivity index (χ4v) is 2.97. The summed E-state index contributed by atoms with van der Waals surface area (Å²) in [5.74, 6) is -0.221. The third-order valence-electron chi connectivity index (χ3n) is 4.14. The Morgan fingerprint density at radius 1 is 1.38 bits per heavy atom. The van der Waals surface area contributed by atoms with Crippen molar-refractivity contribution in [3.05, 3.63) is 35.9 Å². The van der Waals surface area contributed by atoms with Crippen LogP contribution in [0, 0.1) is 11.8 Å². The van der Waals surface area contributed by atoms with Crippen LogP contribution in [0.2, 0.25) is 0 Å². The number of carbonyl (C=O) groups is 1. The number of hydrogen-bond donors (Lipinski definition) is 2. The van der Waals surface area contributed by atoms with Gasteiger partial charge in [-0.2, -0.15) is 0 Å². The Hall–Kier alpha value is -2.04. The first kappa shape index (κ1) is 15.4. The number of oxime groups is 1. The van der Waals surface area contributed by atoms with E-state index in [2.05, 4.69) is 17.3 Å². The van der Waals surface area contributed by atoms with Crippen LogP contribution in [0.25, 0.3) is 0 Å². The molecule has 1 aromatic rings. The lowest BCUT2D eigenvalue weighted by Crippen LogP contribution is -2.43. The topological polar surface area (TPSA) is 78.9 Å². The molecule has 2 unspecified atom stereocenters. The number of likely N-dealkylation sites (tertiary alicyclic amines) is 1. The second-order valence-electron chi connectivity index (χ2n) is 5.93. The minimum atomic E-state index is -0.551. The first-order valence-electron chi connectivity index (χ1n) is 7.35. The summed E-state index contributed by atoms with van der Waals surface area (Å²) in [5, 5.41) is 11.9. The number of benzene rings is 1. The first-order chi connectivity index (χ1) is 10.0. The lowest BCUT2D eigenvalue weighted by molar-refractivity contribution is -0.133. The molecule has 3 N–H and O–H groups in total. The van der Waals surface area contributed by atoms with E-state index in [1.807, 2.05) is 36.9 Å². The van der Waals surface area contributed by atoms with E-state index in [1.165, 1.54) is 5.56 Å². The second kappa shape index (κ2) is 6.61. The van der Waals surface area contributed by atoms with Gasteiger partial charge in [0.05, 0.1) is 0 Å².